The predicted molar refractivity (Wildman–Crippen MR) is 69.7 cm³/mol. The Labute approximate surface area is 114 Å². The quantitative estimate of drug-likeness (QED) is 0.803. The number of hydrogen-bond donors (Lipinski definition) is 3. The number of benzene rings is 1. The van der Waals surface area contributed by atoms with Crippen molar-refractivity contribution in [1.82, 2.24) is 4.98 Å². The maximum atomic E-state index is 13.3. The van der Waals surface area contributed by atoms with E-state index in [4.69, 9.17) is 5.11 Å². The van der Waals surface area contributed by atoms with Crippen LogP contribution >= 0.6 is 0 Å². The van der Waals surface area contributed by atoms with Gasteiger partial charge in [0, 0.05) is 11.8 Å². The summed E-state index contributed by atoms with van der Waals surface area (Å²) in [6, 6.07) is 4.99. The normalized spacial score (nSPS) is 11.3. The first kappa shape index (κ1) is 14.1. The standard InChI is InChI=1S/C12H11FN2O4S/c1-7-9(13)3-2-4-10(7)15-20(18,19)8-5-11(12(16)17)14-6-8/h2-6,14-15H,1H3,(H,16,17). The molecule has 0 aliphatic rings. The molecular formula is C12H11FN2O4S. The molecule has 20 heavy (non-hydrogen) atoms. The Morgan fingerprint density at radius 3 is 2.70 bits per heavy atom. The molecule has 1 aromatic heterocycles. The van der Waals surface area contributed by atoms with Gasteiger partial charge in [-0.1, -0.05) is 6.07 Å². The fraction of sp³-hybridized carbons (Fsp3) is 0.0833. The van der Waals surface area contributed by atoms with Crippen LogP contribution in [0.2, 0.25) is 0 Å². The van der Waals surface area contributed by atoms with Crippen LogP contribution in [0.15, 0.2) is 35.4 Å². The van der Waals surface area contributed by atoms with Crippen LogP contribution < -0.4 is 4.72 Å². The SMILES string of the molecule is Cc1c(F)cccc1NS(=O)(=O)c1c[nH]c(C(=O)O)c1. The molecule has 106 valence electrons. The molecule has 6 nitrogen and oxygen atoms in total. The van der Waals surface area contributed by atoms with E-state index in [2.05, 4.69) is 9.71 Å². The fourth-order valence-corrected chi connectivity index (χ4v) is 2.69. The Morgan fingerprint density at radius 1 is 1.40 bits per heavy atom. The van der Waals surface area contributed by atoms with Crippen LogP contribution in [0.1, 0.15) is 16.1 Å². The summed E-state index contributed by atoms with van der Waals surface area (Å²) in [4.78, 5) is 12.8. The minimum Gasteiger partial charge on any atom is -0.477 e. The molecule has 0 atom stereocenters. The molecule has 0 unspecified atom stereocenters. The number of hydrogen-bond acceptors (Lipinski definition) is 3. The van der Waals surface area contributed by atoms with Crippen molar-refractivity contribution in [2.75, 3.05) is 4.72 Å². The maximum absolute atomic E-state index is 13.3. The molecule has 0 spiro atoms. The number of aromatic carboxylic acids is 1. The van der Waals surface area contributed by atoms with E-state index in [0.29, 0.717) is 0 Å². The average molecular weight is 298 g/mol. The second-order valence-electron chi connectivity index (χ2n) is 4.07. The van der Waals surface area contributed by atoms with Crippen molar-refractivity contribution >= 4 is 21.7 Å². The zero-order chi connectivity index (χ0) is 14.9. The molecule has 1 heterocycles. The number of sulfonamides is 1. The van der Waals surface area contributed by atoms with Crippen molar-refractivity contribution in [1.29, 1.82) is 0 Å². The molecule has 0 radical (unpaired) electrons. The Bertz CT molecular complexity index is 768. The number of nitrogens with one attached hydrogen (secondary N) is 2. The molecule has 0 saturated heterocycles. The number of anilines is 1. The highest BCUT2D eigenvalue weighted by Gasteiger charge is 2.19. The Balaban J connectivity index is 2.35. The summed E-state index contributed by atoms with van der Waals surface area (Å²) in [5.74, 6) is -1.81. The minimum atomic E-state index is -3.98. The summed E-state index contributed by atoms with van der Waals surface area (Å²) < 4.78 is 39.7. The van der Waals surface area contributed by atoms with Crippen LogP contribution in [0.3, 0.4) is 0 Å². The fourth-order valence-electron chi connectivity index (χ4n) is 1.57. The molecular weight excluding hydrogens is 287 g/mol. The Morgan fingerprint density at radius 2 is 2.10 bits per heavy atom. The molecule has 1 aromatic carbocycles. The lowest BCUT2D eigenvalue weighted by molar-refractivity contribution is 0.0691. The van der Waals surface area contributed by atoms with Crippen LogP contribution in [0, 0.1) is 12.7 Å². The molecule has 0 bridgehead atoms. The molecule has 2 aromatic rings. The second-order valence-corrected chi connectivity index (χ2v) is 5.75. The van der Waals surface area contributed by atoms with Crippen LogP contribution in [0.5, 0.6) is 0 Å². The van der Waals surface area contributed by atoms with Gasteiger partial charge < -0.3 is 10.1 Å². The van der Waals surface area contributed by atoms with Crippen LogP contribution in [0.25, 0.3) is 0 Å². The highest BCUT2D eigenvalue weighted by atomic mass is 32.2. The zero-order valence-corrected chi connectivity index (χ0v) is 11.2. The summed E-state index contributed by atoms with van der Waals surface area (Å²) in [5.41, 5.74) is 0.00878. The Kier molecular flexibility index (Phi) is 3.49. The van der Waals surface area contributed by atoms with Crippen molar-refractivity contribution < 1.29 is 22.7 Å². The third-order valence-corrected chi connectivity index (χ3v) is 4.05. The zero-order valence-electron chi connectivity index (χ0n) is 10.3. The molecule has 0 aliphatic carbocycles. The number of rotatable bonds is 4. The maximum Gasteiger partial charge on any atom is 0.352 e. The Hall–Kier alpha value is -2.35. The lowest BCUT2D eigenvalue weighted by Crippen LogP contribution is -2.13. The van der Waals surface area contributed by atoms with Gasteiger partial charge in [-0.2, -0.15) is 0 Å². The summed E-state index contributed by atoms with van der Waals surface area (Å²) in [7, 11) is -3.98. The number of carboxylic acid groups (broad SMARTS) is 1. The highest BCUT2D eigenvalue weighted by molar-refractivity contribution is 7.92. The van der Waals surface area contributed by atoms with Gasteiger partial charge in [0.25, 0.3) is 10.0 Å². The van der Waals surface area contributed by atoms with Gasteiger partial charge in [-0.3, -0.25) is 4.72 Å². The van der Waals surface area contributed by atoms with Crippen molar-refractivity contribution in [2.24, 2.45) is 0 Å². The van der Waals surface area contributed by atoms with Gasteiger partial charge in [0.05, 0.1) is 5.69 Å². The third kappa shape index (κ3) is 2.64. The predicted octanol–water partition coefficient (Wildman–Crippen LogP) is 1.96. The number of halogens is 1. The molecule has 0 aliphatic heterocycles. The molecule has 0 saturated carbocycles. The minimum absolute atomic E-state index is 0.100. The van der Waals surface area contributed by atoms with E-state index in [-0.39, 0.29) is 21.8 Å². The highest BCUT2D eigenvalue weighted by Crippen LogP contribution is 2.21. The summed E-state index contributed by atoms with van der Waals surface area (Å²) >= 11 is 0. The monoisotopic (exact) mass is 298 g/mol. The van der Waals surface area contributed by atoms with Gasteiger partial charge in [0.1, 0.15) is 16.4 Å². The van der Waals surface area contributed by atoms with Gasteiger partial charge in [-0.25, -0.2) is 17.6 Å². The van der Waals surface area contributed by atoms with Gasteiger partial charge >= 0.3 is 5.97 Å². The van der Waals surface area contributed by atoms with Crippen molar-refractivity contribution in [2.45, 2.75) is 11.8 Å². The topological polar surface area (TPSA) is 99.3 Å². The lowest BCUT2D eigenvalue weighted by Gasteiger charge is -2.09. The van der Waals surface area contributed by atoms with Crippen molar-refractivity contribution in [3.8, 4) is 0 Å². The van der Waals surface area contributed by atoms with E-state index >= 15 is 0 Å². The van der Waals surface area contributed by atoms with E-state index in [9.17, 15) is 17.6 Å². The lowest BCUT2D eigenvalue weighted by atomic mass is 10.2. The van der Waals surface area contributed by atoms with Crippen LogP contribution in [-0.4, -0.2) is 24.5 Å². The first-order chi connectivity index (χ1) is 9.31. The second kappa shape index (κ2) is 4.97. The molecule has 3 N–H and O–H groups in total. The third-order valence-electron chi connectivity index (χ3n) is 2.71. The molecule has 0 fully saturated rings. The van der Waals surface area contributed by atoms with Gasteiger partial charge in [0.2, 0.25) is 0 Å². The average Bonchev–Trinajstić information content (AvgIpc) is 2.85. The molecule has 2 rings (SSSR count). The van der Waals surface area contributed by atoms with Crippen molar-refractivity contribution in [3.63, 3.8) is 0 Å². The summed E-state index contributed by atoms with van der Waals surface area (Å²) in [5, 5.41) is 8.74. The van der Waals surface area contributed by atoms with E-state index in [1.54, 1.807) is 0 Å². The van der Waals surface area contributed by atoms with E-state index in [1.165, 1.54) is 25.1 Å². The summed E-state index contributed by atoms with van der Waals surface area (Å²) in [6.45, 7) is 1.44. The van der Waals surface area contributed by atoms with Gasteiger partial charge in [-0.15, -0.1) is 0 Å². The smallest absolute Gasteiger partial charge is 0.352 e. The molecule has 8 heteroatoms. The first-order valence-electron chi connectivity index (χ1n) is 5.51. The number of carboxylic acids is 1. The van der Waals surface area contributed by atoms with Crippen LogP contribution in [-0.2, 0) is 10.0 Å². The number of H-pyrrole nitrogens is 1. The number of carbonyl (C=O) groups is 1. The van der Waals surface area contributed by atoms with E-state index in [1.807, 2.05) is 0 Å². The summed E-state index contributed by atoms with van der Waals surface area (Å²) in [6.07, 6.45) is 1.06. The largest absolute Gasteiger partial charge is 0.477 e. The van der Waals surface area contributed by atoms with Gasteiger partial charge in [0.15, 0.2) is 0 Å². The first-order valence-corrected chi connectivity index (χ1v) is 6.99. The van der Waals surface area contributed by atoms with Crippen molar-refractivity contribution in [3.05, 3.63) is 47.5 Å². The molecule has 0 amide bonds. The van der Waals surface area contributed by atoms with E-state index < -0.39 is 21.8 Å². The van der Waals surface area contributed by atoms with Gasteiger partial charge in [-0.05, 0) is 25.1 Å². The number of aromatic amines is 1. The van der Waals surface area contributed by atoms with E-state index in [0.717, 1.165) is 12.3 Å². The number of aromatic nitrogens is 1. The van der Waals surface area contributed by atoms with Crippen LogP contribution in [0.4, 0.5) is 10.1 Å².